The van der Waals surface area contributed by atoms with Crippen LogP contribution in [0.2, 0.25) is 0 Å². The van der Waals surface area contributed by atoms with Gasteiger partial charge in [-0.05, 0) is 21.5 Å². The lowest BCUT2D eigenvalue weighted by atomic mass is 10.1. The number of alkyl carbamates (subject to hydrolysis) is 1. The number of carbonyl (C=O) groups is 2. The van der Waals surface area contributed by atoms with E-state index in [2.05, 4.69) is 26.3 Å². The number of hydrogen-bond donors (Lipinski definition) is 2. The Bertz CT molecular complexity index is 687. The lowest BCUT2D eigenvalue weighted by Gasteiger charge is -2.16. The summed E-state index contributed by atoms with van der Waals surface area (Å²) in [6.07, 6.45) is 0.691. The second kappa shape index (κ2) is 7.77. The van der Waals surface area contributed by atoms with Crippen LogP contribution in [0.5, 0.6) is 0 Å². The molecule has 0 fully saturated rings. The fourth-order valence-corrected chi connectivity index (χ4v) is 2.66. The van der Waals surface area contributed by atoms with Crippen molar-refractivity contribution in [1.29, 1.82) is 0 Å². The number of rotatable bonds is 6. The highest BCUT2D eigenvalue weighted by Gasteiger charge is 2.23. The number of nitrogens with zero attached hydrogens (tertiary/aromatic N) is 2. The molecule has 8 heteroatoms. The highest BCUT2D eigenvalue weighted by atomic mass is 79.9. The molecule has 0 unspecified atom stereocenters. The number of nitrogens with one attached hydrogen (secondary N) is 1. The molecule has 1 heterocycles. The monoisotopic (exact) mass is 381 g/mol. The summed E-state index contributed by atoms with van der Waals surface area (Å²) in [5.41, 5.74) is 1.42. The molecule has 0 aliphatic carbocycles. The van der Waals surface area contributed by atoms with E-state index in [4.69, 9.17) is 9.84 Å². The van der Waals surface area contributed by atoms with Crippen molar-refractivity contribution in [2.45, 2.75) is 19.1 Å². The van der Waals surface area contributed by atoms with Crippen molar-refractivity contribution in [3.8, 4) is 0 Å². The molecule has 1 atom stereocenters. The second-order valence-electron chi connectivity index (χ2n) is 4.91. The average molecular weight is 382 g/mol. The van der Waals surface area contributed by atoms with Crippen LogP contribution in [-0.2, 0) is 23.2 Å². The van der Waals surface area contributed by atoms with Crippen molar-refractivity contribution in [3.63, 3.8) is 0 Å². The molecule has 0 spiro atoms. The van der Waals surface area contributed by atoms with Gasteiger partial charge in [0.1, 0.15) is 11.2 Å². The number of ether oxygens (including phenoxy) is 1. The Balaban J connectivity index is 2.01. The zero-order chi connectivity index (χ0) is 16.8. The van der Waals surface area contributed by atoms with Gasteiger partial charge in [0.2, 0.25) is 0 Å². The lowest BCUT2D eigenvalue weighted by Crippen LogP contribution is -2.30. The van der Waals surface area contributed by atoms with Crippen LogP contribution in [0.25, 0.3) is 0 Å². The maximum Gasteiger partial charge on any atom is 0.407 e. The number of benzene rings is 1. The number of aliphatic carboxylic acids is 1. The number of hydrogen-bond acceptors (Lipinski definition) is 4. The van der Waals surface area contributed by atoms with E-state index >= 15 is 0 Å². The molecule has 2 N–H and O–H groups in total. The first kappa shape index (κ1) is 17.0. The topological polar surface area (TPSA) is 93.5 Å². The molecule has 2 aromatic rings. The zero-order valence-corrected chi connectivity index (χ0v) is 14.0. The van der Waals surface area contributed by atoms with Crippen molar-refractivity contribution in [2.75, 3.05) is 0 Å². The minimum Gasteiger partial charge on any atom is -0.481 e. The summed E-state index contributed by atoms with van der Waals surface area (Å²) in [5.74, 6) is -1.03. The van der Waals surface area contributed by atoms with E-state index in [9.17, 15) is 9.59 Å². The fraction of sp³-hybridized carbons (Fsp3) is 0.267. The molecular formula is C15H16BrN3O4. The van der Waals surface area contributed by atoms with Crippen molar-refractivity contribution < 1.29 is 19.4 Å². The van der Waals surface area contributed by atoms with Crippen molar-refractivity contribution in [1.82, 2.24) is 15.1 Å². The first-order chi connectivity index (χ1) is 11.0. The summed E-state index contributed by atoms with van der Waals surface area (Å²) >= 11 is 3.26. The summed E-state index contributed by atoms with van der Waals surface area (Å²) in [6, 6.07) is 8.48. The molecule has 1 aromatic heterocycles. The Labute approximate surface area is 141 Å². The van der Waals surface area contributed by atoms with Crippen molar-refractivity contribution in [2.24, 2.45) is 7.05 Å². The molecule has 0 saturated heterocycles. The third-order valence-corrected chi connectivity index (χ3v) is 3.69. The van der Waals surface area contributed by atoms with Gasteiger partial charge in [0.05, 0.1) is 12.5 Å². The van der Waals surface area contributed by atoms with E-state index in [-0.39, 0.29) is 13.0 Å². The standard InChI is InChI=1S/C15H16BrN3O4/c1-19-8-11(14(16)18-19)12(7-13(20)21)17-15(22)23-9-10-5-3-2-4-6-10/h2-6,8,12H,7,9H2,1H3,(H,17,22)(H,20,21)/t12-/m1/s1. The Morgan fingerprint density at radius 3 is 2.65 bits per heavy atom. The highest BCUT2D eigenvalue weighted by molar-refractivity contribution is 9.10. The number of carbonyl (C=O) groups excluding carboxylic acids is 1. The van der Waals surface area contributed by atoms with Crippen molar-refractivity contribution in [3.05, 3.63) is 52.3 Å². The lowest BCUT2D eigenvalue weighted by molar-refractivity contribution is -0.137. The number of carboxylic acids is 1. The maximum absolute atomic E-state index is 11.9. The molecule has 0 aliphatic heterocycles. The summed E-state index contributed by atoms with van der Waals surface area (Å²) < 4.78 is 7.14. The summed E-state index contributed by atoms with van der Waals surface area (Å²) in [4.78, 5) is 23.0. The molecule has 0 aliphatic rings. The number of aryl methyl sites for hydroxylation is 1. The average Bonchev–Trinajstić information content (AvgIpc) is 2.84. The SMILES string of the molecule is Cn1cc([C@@H](CC(=O)O)NC(=O)OCc2ccccc2)c(Br)n1. The quantitative estimate of drug-likeness (QED) is 0.801. The van der Waals surface area contributed by atoms with Gasteiger partial charge in [0.15, 0.2) is 0 Å². The van der Waals surface area contributed by atoms with E-state index in [1.807, 2.05) is 30.3 Å². The number of aromatic nitrogens is 2. The number of halogens is 1. The minimum atomic E-state index is -1.03. The van der Waals surface area contributed by atoms with Gasteiger partial charge < -0.3 is 15.2 Å². The van der Waals surface area contributed by atoms with Gasteiger partial charge in [-0.1, -0.05) is 30.3 Å². The van der Waals surface area contributed by atoms with Crippen LogP contribution in [0, 0.1) is 0 Å². The first-order valence-electron chi connectivity index (χ1n) is 6.83. The smallest absolute Gasteiger partial charge is 0.407 e. The van der Waals surface area contributed by atoms with E-state index in [0.29, 0.717) is 10.2 Å². The zero-order valence-electron chi connectivity index (χ0n) is 12.4. The summed E-state index contributed by atoms with van der Waals surface area (Å²) in [5, 5.41) is 15.7. The van der Waals surface area contributed by atoms with E-state index in [0.717, 1.165) is 5.56 Å². The van der Waals surface area contributed by atoms with Crippen LogP contribution < -0.4 is 5.32 Å². The number of carboxylic acid groups (broad SMARTS) is 1. The van der Waals surface area contributed by atoms with Gasteiger partial charge in [0.25, 0.3) is 0 Å². The predicted molar refractivity (Wildman–Crippen MR) is 85.7 cm³/mol. The van der Waals surface area contributed by atoms with Crippen LogP contribution in [0.3, 0.4) is 0 Å². The van der Waals surface area contributed by atoms with Gasteiger partial charge in [-0.15, -0.1) is 0 Å². The van der Waals surface area contributed by atoms with E-state index in [1.165, 1.54) is 4.68 Å². The van der Waals surface area contributed by atoms with E-state index < -0.39 is 18.1 Å². The molecule has 7 nitrogen and oxygen atoms in total. The third-order valence-electron chi connectivity index (χ3n) is 3.07. The van der Waals surface area contributed by atoms with Gasteiger partial charge in [-0.25, -0.2) is 4.79 Å². The number of amides is 1. The van der Waals surface area contributed by atoms with Crippen LogP contribution in [0.1, 0.15) is 23.6 Å². The van der Waals surface area contributed by atoms with Crippen LogP contribution in [0.4, 0.5) is 4.79 Å². The molecule has 0 saturated carbocycles. The third kappa shape index (κ3) is 5.10. The van der Waals surface area contributed by atoms with Crippen LogP contribution in [-0.4, -0.2) is 26.9 Å². The Hall–Kier alpha value is -2.35. The summed E-state index contributed by atoms with van der Waals surface area (Å²) in [7, 11) is 1.71. The van der Waals surface area contributed by atoms with Gasteiger partial charge in [-0.2, -0.15) is 5.10 Å². The van der Waals surface area contributed by atoms with Crippen LogP contribution >= 0.6 is 15.9 Å². The normalized spacial score (nSPS) is 11.7. The first-order valence-corrected chi connectivity index (χ1v) is 7.63. The Morgan fingerprint density at radius 2 is 2.09 bits per heavy atom. The van der Waals surface area contributed by atoms with Crippen molar-refractivity contribution >= 4 is 28.0 Å². The van der Waals surface area contributed by atoms with Gasteiger partial charge in [-0.3, -0.25) is 9.48 Å². The molecule has 0 radical (unpaired) electrons. The molecule has 1 aromatic carbocycles. The summed E-state index contributed by atoms with van der Waals surface area (Å²) in [6.45, 7) is 0.112. The minimum absolute atomic E-state index is 0.112. The van der Waals surface area contributed by atoms with Gasteiger partial charge >= 0.3 is 12.1 Å². The maximum atomic E-state index is 11.9. The molecule has 23 heavy (non-hydrogen) atoms. The highest BCUT2D eigenvalue weighted by Crippen LogP contribution is 2.24. The fourth-order valence-electron chi connectivity index (χ4n) is 2.03. The molecule has 122 valence electrons. The molecule has 1 amide bonds. The second-order valence-corrected chi connectivity index (χ2v) is 5.66. The molecule has 0 bridgehead atoms. The Kier molecular flexibility index (Phi) is 5.75. The van der Waals surface area contributed by atoms with Crippen LogP contribution in [0.15, 0.2) is 41.1 Å². The van der Waals surface area contributed by atoms with E-state index in [1.54, 1.807) is 13.2 Å². The largest absolute Gasteiger partial charge is 0.481 e. The predicted octanol–water partition coefficient (Wildman–Crippen LogP) is 2.62. The Morgan fingerprint density at radius 1 is 1.39 bits per heavy atom. The van der Waals surface area contributed by atoms with Gasteiger partial charge in [0, 0.05) is 18.8 Å². The molecular weight excluding hydrogens is 366 g/mol. The molecule has 2 rings (SSSR count).